The summed E-state index contributed by atoms with van der Waals surface area (Å²) in [5.74, 6) is 1.10. The highest BCUT2D eigenvalue weighted by molar-refractivity contribution is 5.40. The fourth-order valence-corrected chi connectivity index (χ4v) is 2.60. The normalized spacial score (nSPS) is 18.8. The van der Waals surface area contributed by atoms with Gasteiger partial charge in [-0.25, -0.2) is 0 Å². The van der Waals surface area contributed by atoms with Crippen LogP contribution in [0.15, 0.2) is 18.2 Å². The molecule has 2 unspecified atom stereocenters. The Labute approximate surface area is 115 Å². The van der Waals surface area contributed by atoms with Crippen molar-refractivity contribution in [3.05, 3.63) is 29.3 Å². The minimum absolute atomic E-state index is 0.0750. The Balaban J connectivity index is 1.93. The molecule has 3 nitrogen and oxygen atoms in total. The Morgan fingerprint density at radius 3 is 3.00 bits per heavy atom. The van der Waals surface area contributed by atoms with E-state index in [0.29, 0.717) is 0 Å². The van der Waals surface area contributed by atoms with E-state index < -0.39 is 0 Å². The second kappa shape index (κ2) is 6.08. The minimum atomic E-state index is 0.0750. The predicted octanol–water partition coefficient (Wildman–Crippen LogP) is 2.78. The minimum Gasteiger partial charge on any atom is -0.488 e. The molecule has 0 N–H and O–H groups in total. The van der Waals surface area contributed by atoms with Crippen LogP contribution >= 0.6 is 0 Å². The summed E-state index contributed by atoms with van der Waals surface area (Å²) in [6.45, 7) is 8.90. The molecule has 1 aromatic carbocycles. The summed E-state index contributed by atoms with van der Waals surface area (Å²) in [7, 11) is 0. The number of nitrogens with zero attached hydrogens (tertiary/aromatic N) is 2. The summed E-state index contributed by atoms with van der Waals surface area (Å²) >= 11 is 0. The second-order valence-corrected chi connectivity index (χ2v) is 5.44. The Bertz CT molecular complexity index is 478. The van der Waals surface area contributed by atoms with Gasteiger partial charge in [-0.15, -0.1) is 0 Å². The third kappa shape index (κ3) is 3.48. The van der Waals surface area contributed by atoms with Gasteiger partial charge in [0.2, 0.25) is 0 Å². The maximum absolute atomic E-state index is 8.90. The Morgan fingerprint density at radius 1 is 1.53 bits per heavy atom. The summed E-state index contributed by atoms with van der Waals surface area (Å²) < 4.78 is 5.98. The van der Waals surface area contributed by atoms with Crippen molar-refractivity contribution in [2.75, 3.05) is 19.6 Å². The van der Waals surface area contributed by atoms with Crippen molar-refractivity contribution in [3.8, 4) is 11.8 Å². The lowest BCUT2D eigenvalue weighted by Gasteiger charge is -2.24. The highest BCUT2D eigenvalue weighted by Gasteiger charge is 2.24. The van der Waals surface area contributed by atoms with Crippen LogP contribution in [0.25, 0.3) is 0 Å². The number of hydrogen-bond donors (Lipinski definition) is 0. The van der Waals surface area contributed by atoms with Crippen molar-refractivity contribution in [1.29, 1.82) is 5.26 Å². The van der Waals surface area contributed by atoms with Gasteiger partial charge in [-0.05, 0) is 32.0 Å². The maximum atomic E-state index is 8.90. The van der Waals surface area contributed by atoms with Crippen molar-refractivity contribution in [1.82, 2.24) is 4.90 Å². The molecule has 1 aliphatic heterocycles. The number of likely N-dealkylation sites (N-methyl/N-ethyl adjacent to an activating group) is 1. The molecule has 0 bridgehead atoms. The van der Waals surface area contributed by atoms with Crippen molar-refractivity contribution in [3.63, 3.8) is 0 Å². The molecule has 102 valence electrons. The van der Waals surface area contributed by atoms with Crippen LogP contribution < -0.4 is 4.74 Å². The molecule has 0 spiro atoms. The lowest BCUT2D eigenvalue weighted by molar-refractivity contribution is 0.148. The van der Waals surface area contributed by atoms with Crippen molar-refractivity contribution < 1.29 is 4.74 Å². The molecular weight excluding hydrogens is 236 g/mol. The summed E-state index contributed by atoms with van der Waals surface area (Å²) in [6.07, 6.45) is 1.21. The zero-order chi connectivity index (χ0) is 13.8. The van der Waals surface area contributed by atoms with E-state index in [9.17, 15) is 0 Å². The summed E-state index contributed by atoms with van der Waals surface area (Å²) in [6, 6.07) is 8.67. The summed E-state index contributed by atoms with van der Waals surface area (Å²) in [4.78, 5) is 2.30. The molecule has 0 amide bonds. The highest BCUT2D eigenvalue weighted by Crippen LogP contribution is 2.29. The van der Waals surface area contributed by atoms with Gasteiger partial charge in [0, 0.05) is 19.5 Å². The first-order valence-corrected chi connectivity index (χ1v) is 7.00. The third-order valence-electron chi connectivity index (χ3n) is 3.62. The lowest BCUT2D eigenvalue weighted by Crippen LogP contribution is -2.37. The summed E-state index contributed by atoms with van der Waals surface area (Å²) in [5, 5.41) is 8.90. The smallest absolute Gasteiger partial charge is 0.123 e. The number of nitriles is 1. The average molecular weight is 258 g/mol. The van der Waals surface area contributed by atoms with E-state index >= 15 is 0 Å². The molecular formula is C16H22N2O. The van der Waals surface area contributed by atoms with E-state index in [2.05, 4.69) is 43.0 Å². The standard InChI is InChI=1S/C16H22N2O/c1-4-18(10-13(3)9-17)11-15-8-14-7-12(2)5-6-16(14)19-15/h5-7,13,15H,4,8,10-11H2,1-3H3. The van der Waals surface area contributed by atoms with E-state index in [4.69, 9.17) is 10.00 Å². The lowest BCUT2D eigenvalue weighted by atomic mass is 10.1. The van der Waals surface area contributed by atoms with Crippen molar-refractivity contribution in [2.45, 2.75) is 33.3 Å². The third-order valence-corrected chi connectivity index (χ3v) is 3.62. The van der Waals surface area contributed by atoms with Gasteiger partial charge in [0.15, 0.2) is 0 Å². The van der Waals surface area contributed by atoms with Gasteiger partial charge in [0.1, 0.15) is 11.9 Å². The van der Waals surface area contributed by atoms with Gasteiger partial charge in [-0.3, -0.25) is 4.90 Å². The number of benzene rings is 1. The van der Waals surface area contributed by atoms with Crippen molar-refractivity contribution >= 4 is 0 Å². The Morgan fingerprint density at radius 2 is 2.32 bits per heavy atom. The molecule has 0 aromatic heterocycles. The molecule has 0 aliphatic carbocycles. The molecule has 2 rings (SSSR count). The molecule has 3 heteroatoms. The van der Waals surface area contributed by atoms with E-state index in [1.165, 1.54) is 11.1 Å². The molecule has 1 aliphatic rings. The fourth-order valence-electron chi connectivity index (χ4n) is 2.60. The SMILES string of the molecule is CCN(CC(C)C#N)CC1Cc2cc(C)ccc2O1. The van der Waals surface area contributed by atoms with Gasteiger partial charge >= 0.3 is 0 Å². The van der Waals surface area contributed by atoms with E-state index in [0.717, 1.165) is 31.8 Å². The zero-order valence-corrected chi connectivity index (χ0v) is 12.0. The molecule has 19 heavy (non-hydrogen) atoms. The van der Waals surface area contributed by atoms with E-state index in [1.54, 1.807) is 0 Å². The first-order chi connectivity index (χ1) is 9.12. The Kier molecular flexibility index (Phi) is 4.44. The number of aryl methyl sites for hydroxylation is 1. The van der Waals surface area contributed by atoms with Gasteiger partial charge < -0.3 is 4.74 Å². The van der Waals surface area contributed by atoms with Crippen LogP contribution in [0.5, 0.6) is 5.75 Å². The van der Waals surface area contributed by atoms with Gasteiger partial charge in [0.25, 0.3) is 0 Å². The molecule has 0 radical (unpaired) electrons. The molecule has 1 heterocycles. The van der Waals surface area contributed by atoms with Crippen LogP contribution in [0.3, 0.4) is 0 Å². The van der Waals surface area contributed by atoms with Crippen LogP contribution in [0.1, 0.15) is 25.0 Å². The van der Waals surface area contributed by atoms with E-state index in [-0.39, 0.29) is 12.0 Å². The van der Waals surface area contributed by atoms with Crippen LogP contribution in [-0.4, -0.2) is 30.6 Å². The second-order valence-electron chi connectivity index (χ2n) is 5.44. The topological polar surface area (TPSA) is 36.3 Å². The quantitative estimate of drug-likeness (QED) is 0.815. The predicted molar refractivity (Wildman–Crippen MR) is 76.2 cm³/mol. The average Bonchev–Trinajstić information content (AvgIpc) is 2.79. The zero-order valence-electron chi connectivity index (χ0n) is 12.0. The van der Waals surface area contributed by atoms with E-state index in [1.807, 2.05) is 6.92 Å². The number of ether oxygens (including phenoxy) is 1. The largest absolute Gasteiger partial charge is 0.488 e. The maximum Gasteiger partial charge on any atom is 0.123 e. The molecule has 2 atom stereocenters. The summed E-state index contributed by atoms with van der Waals surface area (Å²) in [5.41, 5.74) is 2.60. The van der Waals surface area contributed by atoms with Gasteiger partial charge in [-0.1, -0.05) is 24.6 Å². The molecule has 0 saturated carbocycles. The highest BCUT2D eigenvalue weighted by atomic mass is 16.5. The monoisotopic (exact) mass is 258 g/mol. The molecule has 1 aromatic rings. The van der Waals surface area contributed by atoms with Gasteiger partial charge in [0.05, 0.1) is 12.0 Å². The fraction of sp³-hybridized carbons (Fsp3) is 0.562. The van der Waals surface area contributed by atoms with Crippen LogP contribution in [0.2, 0.25) is 0 Å². The van der Waals surface area contributed by atoms with Crippen LogP contribution in [0, 0.1) is 24.2 Å². The van der Waals surface area contributed by atoms with Crippen molar-refractivity contribution in [2.24, 2.45) is 5.92 Å². The number of rotatable bonds is 5. The molecule has 0 fully saturated rings. The number of hydrogen-bond acceptors (Lipinski definition) is 3. The first-order valence-electron chi connectivity index (χ1n) is 7.00. The Hall–Kier alpha value is -1.53. The first kappa shape index (κ1) is 13.9. The van der Waals surface area contributed by atoms with Crippen LogP contribution in [0.4, 0.5) is 0 Å². The molecule has 0 saturated heterocycles. The van der Waals surface area contributed by atoms with Gasteiger partial charge in [-0.2, -0.15) is 5.26 Å². The number of fused-ring (bicyclic) bond motifs is 1. The van der Waals surface area contributed by atoms with Crippen LogP contribution in [-0.2, 0) is 6.42 Å².